The Morgan fingerprint density at radius 3 is 2.26 bits per heavy atom. The van der Waals surface area contributed by atoms with Crippen molar-refractivity contribution in [2.24, 2.45) is 0 Å². The molecule has 1 atom stereocenters. The SMILES string of the molecule is CN(C)c1ccc(C(c2nnnn2Cc2ccc(F)cc2)N2CCN(C3CCCCC3)CC2)cc1. The van der Waals surface area contributed by atoms with E-state index in [0.29, 0.717) is 6.54 Å². The van der Waals surface area contributed by atoms with E-state index in [9.17, 15) is 4.39 Å². The summed E-state index contributed by atoms with van der Waals surface area (Å²) in [7, 11) is 4.11. The number of hydrogen-bond donors (Lipinski definition) is 0. The lowest BCUT2D eigenvalue weighted by molar-refractivity contribution is 0.0620. The highest BCUT2D eigenvalue weighted by atomic mass is 19.1. The van der Waals surface area contributed by atoms with Crippen LogP contribution in [0.3, 0.4) is 0 Å². The van der Waals surface area contributed by atoms with E-state index >= 15 is 0 Å². The van der Waals surface area contributed by atoms with Crippen molar-refractivity contribution < 1.29 is 4.39 Å². The number of tetrazole rings is 1. The summed E-state index contributed by atoms with van der Waals surface area (Å²) in [6, 6.07) is 16.0. The molecule has 2 fully saturated rings. The minimum atomic E-state index is -0.236. The number of hydrogen-bond acceptors (Lipinski definition) is 6. The molecule has 0 amide bonds. The molecule has 8 heteroatoms. The summed E-state index contributed by atoms with van der Waals surface area (Å²) in [4.78, 5) is 7.33. The first-order valence-electron chi connectivity index (χ1n) is 12.8. The van der Waals surface area contributed by atoms with Gasteiger partial charge in [0.25, 0.3) is 0 Å². The average molecular weight is 478 g/mol. The molecule has 5 rings (SSSR count). The van der Waals surface area contributed by atoms with Crippen LogP contribution in [-0.4, -0.2) is 76.3 Å². The predicted octanol–water partition coefficient (Wildman–Crippen LogP) is 3.97. The first-order chi connectivity index (χ1) is 17.1. The number of halogens is 1. The summed E-state index contributed by atoms with van der Waals surface area (Å²) < 4.78 is 15.3. The Kier molecular flexibility index (Phi) is 7.39. The van der Waals surface area contributed by atoms with Gasteiger partial charge in [-0.2, -0.15) is 0 Å². The van der Waals surface area contributed by atoms with Crippen molar-refractivity contribution in [2.45, 2.75) is 50.7 Å². The molecule has 2 aromatic carbocycles. The van der Waals surface area contributed by atoms with Crippen molar-refractivity contribution in [2.75, 3.05) is 45.2 Å². The fourth-order valence-corrected chi connectivity index (χ4v) is 5.57. The number of nitrogens with zero attached hydrogens (tertiary/aromatic N) is 7. The fourth-order valence-electron chi connectivity index (χ4n) is 5.57. The lowest BCUT2D eigenvalue weighted by Gasteiger charge is -2.43. The van der Waals surface area contributed by atoms with Crippen LogP contribution in [0.5, 0.6) is 0 Å². The van der Waals surface area contributed by atoms with Gasteiger partial charge in [0.2, 0.25) is 0 Å². The Morgan fingerprint density at radius 2 is 1.60 bits per heavy atom. The van der Waals surface area contributed by atoms with Gasteiger partial charge in [0.05, 0.1) is 12.6 Å². The van der Waals surface area contributed by atoms with E-state index in [1.165, 1.54) is 55.5 Å². The first kappa shape index (κ1) is 23.9. The lowest BCUT2D eigenvalue weighted by atomic mass is 9.93. The maximum Gasteiger partial charge on any atom is 0.173 e. The van der Waals surface area contributed by atoms with Crippen molar-refractivity contribution in [1.29, 1.82) is 0 Å². The third kappa shape index (κ3) is 5.54. The second-order valence-electron chi connectivity index (χ2n) is 10.1. The molecule has 35 heavy (non-hydrogen) atoms. The van der Waals surface area contributed by atoms with Gasteiger partial charge in [-0.1, -0.05) is 43.5 Å². The molecule has 0 N–H and O–H groups in total. The first-order valence-corrected chi connectivity index (χ1v) is 12.8. The van der Waals surface area contributed by atoms with Crippen LogP contribution in [0.1, 0.15) is 55.1 Å². The molecule has 1 saturated carbocycles. The fraction of sp³-hybridized carbons (Fsp3) is 0.519. The quantitative estimate of drug-likeness (QED) is 0.513. The second-order valence-corrected chi connectivity index (χ2v) is 10.1. The Labute approximate surface area is 207 Å². The molecule has 3 aromatic rings. The van der Waals surface area contributed by atoms with E-state index in [0.717, 1.165) is 43.6 Å². The Hall–Kier alpha value is -2.84. The molecular formula is C27H36FN7. The van der Waals surface area contributed by atoms with Crippen LogP contribution in [0.4, 0.5) is 10.1 Å². The minimum absolute atomic E-state index is 0.0323. The van der Waals surface area contributed by atoms with Crippen LogP contribution in [0.2, 0.25) is 0 Å². The zero-order valence-corrected chi connectivity index (χ0v) is 20.9. The highest BCUT2D eigenvalue weighted by molar-refractivity contribution is 5.47. The highest BCUT2D eigenvalue weighted by Crippen LogP contribution is 2.31. The normalized spacial score (nSPS) is 19.1. The Balaban J connectivity index is 1.40. The molecule has 0 spiro atoms. The van der Waals surface area contributed by atoms with Crippen LogP contribution < -0.4 is 4.90 Å². The summed E-state index contributed by atoms with van der Waals surface area (Å²) in [6.07, 6.45) is 6.79. The van der Waals surface area contributed by atoms with Crippen LogP contribution in [0.25, 0.3) is 0 Å². The average Bonchev–Trinajstić information content (AvgIpc) is 3.34. The molecule has 2 aliphatic rings. The molecule has 186 valence electrons. The lowest BCUT2D eigenvalue weighted by Crippen LogP contribution is -2.52. The number of anilines is 1. The van der Waals surface area contributed by atoms with Gasteiger partial charge < -0.3 is 4.90 Å². The van der Waals surface area contributed by atoms with Gasteiger partial charge in [-0.05, 0) is 58.7 Å². The van der Waals surface area contributed by atoms with Crippen molar-refractivity contribution in [3.8, 4) is 0 Å². The zero-order valence-electron chi connectivity index (χ0n) is 20.9. The smallest absolute Gasteiger partial charge is 0.173 e. The second kappa shape index (κ2) is 10.8. The molecule has 1 aromatic heterocycles. The monoisotopic (exact) mass is 477 g/mol. The molecule has 0 radical (unpaired) electrons. The van der Waals surface area contributed by atoms with E-state index in [-0.39, 0.29) is 11.9 Å². The van der Waals surface area contributed by atoms with Gasteiger partial charge in [0.1, 0.15) is 5.82 Å². The van der Waals surface area contributed by atoms with E-state index in [4.69, 9.17) is 0 Å². The standard InChI is InChI=1S/C27H36FN7/c1-32(2)24-14-10-22(11-15-24)26(34-18-16-33(17-19-34)25-6-4-3-5-7-25)27-29-30-31-35(27)20-21-8-12-23(28)13-9-21/h8-15,25-26H,3-7,16-20H2,1-2H3. The molecule has 1 aliphatic heterocycles. The topological polar surface area (TPSA) is 53.3 Å². The van der Waals surface area contributed by atoms with Crippen molar-refractivity contribution in [3.05, 3.63) is 71.3 Å². The van der Waals surface area contributed by atoms with E-state index < -0.39 is 0 Å². The van der Waals surface area contributed by atoms with Gasteiger partial charge in [0.15, 0.2) is 5.82 Å². The Bertz CT molecular complexity index is 1070. The maximum absolute atomic E-state index is 13.4. The van der Waals surface area contributed by atoms with Crippen LogP contribution in [-0.2, 0) is 6.54 Å². The van der Waals surface area contributed by atoms with Crippen LogP contribution in [0, 0.1) is 5.82 Å². The third-order valence-corrected chi connectivity index (χ3v) is 7.58. The molecule has 0 bridgehead atoms. The third-order valence-electron chi connectivity index (χ3n) is 7.58. The molecule has 1 aliphatic carbocycles. The van der Waals surface area contributed by atoms with E-state index in [2.05, 4.69) is 68.6 Å². The van der Waals surface area contributed by atoms with Gasteiger partial charge in [-0.25, -0.2) is 9.07 Å². The van der Waals surface area contributed by atoms with Crippen molar-refractivity contribution in [3.63, 3.8) is 0 Å². The van der Waals surface area contributed by atoms with Gasteiger partial charge in [-0.3, -0.25) is 9.80 Å². The number of benzene rings is 2. The summed E-state index contributed by atoms with van der Waals surface area (Å²) >= 11 is 0. The zero-order chi connectivity index (χ0) is 24.2. The van der Waals surface area contributed by atoms with E-state index in [1.54, 1.807) is 12.1 Å². The van der Waals surface area contributed by atoms with Crippen LogP contribution in [0.15, 0.2) is 48.5 Å². The minimum Gasteiger partial charge on any atom is -0.378 e. The van der Waals surface area contributed by atoms with Crippen LogP contribution >= 0.6 is 0 Å². The summed E-state index contributed by atoms with van der Waals surface area (Å²) in [5.74, 6) is 0.596. The molecule has 1 unspecified atom stereocenters. The highest BCUT2D eigenvalue weighted by Gasteiger charge is 2.32. The van der Waals surface area contributed by atoms with Gasteiger partial charge in [0, 0.05) is 52.0 Å². The van der Waals surface area contributed by atoms with Crippen molar-refractivity contribution in [1.82, 2.24) is 30.0 Å². The van der Waals surface area contributed by atoms with Gasteiger partial charge in [-0.15, -0.1) is 5.10 Å². The predicted molar refractivity (Wildman–Crippen MR) is 136 cm³/mol. The van der Waals surface area contributed by atoms with E-state index in [1.807, 2.05) is 4.68 Å². The Morgan fingerprint density at radius 1 is 0.914 bits per heavy atom. The summed E-state index contributed by atoms with van der Waals surface area (Å²) in [5, 5.41) is 12.9. The largest absolute Gasteiger partial charge is 0.378 e. The summed E-state index contributed by atoms with van der Waals surface area (Å²) in [6.45, 7) is 4.64. The molecular weight excluding hydrogens is 441 g/mol. The van der Waals surface area contributed by atoms with Crippen molar-refractivity contribution >= 4 is 5.69 Å². The number of rotatable bonds is 7. The number of aromatic nitrogens is 4. The maximum atomic E-state index is 13.4. The molecule has 1 saturated heterocycles. The molecule has 2 heterocycles. The summed E-state index contributed by atoms with van der Waals surface area (Å²) in [5.41, 5.74) is 3.33. The number of piperazine rings is 1. The van der Waals surface area contributed by atoms with Gasteiger partial charge >= 0.3 is 0 Å². The molecule has 7 nitrogen and oxygen atoms in total.